The average molecular weight is 306 g/mol. The minimum absolute atomic E-state index is 0.284. The third-order valence-corrected chi connectivity index (χ3v) is 3.34. The van der Waals surface area contributed by atoms with E-state index >= 15 is 0 Å². The van der Waals surface area contributed by atoms with E-state index in [0.717, 1.165) is 25.7 Å². The van der Waals surface area contributed by atoms with Crippen LogP contribution in [0.2, 0.25) is 0 Å². The third kappa shape index (κ3) is 13.3. The SMILES string of the molecule is CC/C(=C/C/C=C/C/C=C/CCCCCCC[C]=O)[N+](=O)[O-]. The second-order valence-electron chi connectivity index (χ2n) is 5.17. The Morgan fingerprint density at radius 2 is 1.64 bits per heavy atom. The summed E-state index contributed by atoms with van der Waals surface area (Å²) in [5.41, 5.74) is 0.284. The van der Waals surface area contributed by atoms with Crippen molar-refractivity contribution in [3.8, 4) is 0 Å². The summed E-state index contributed by atoms with van der Waals surface area (Å²) in [5.74, 6) is 0. The summed E-state index contributed by atoms with van der Waals surface area (Å²) in [6.45, 7) is 1.79. The number of allylic oxidation sites excluding steroid dienone is 6. The third-order valence-electron chi connectivity index (χ3n) is 3.34. The highest BCUT2D eigenvalue weighted by Crippen LogP contribution is 2.07. The maximum absolute atomic E-state index is 10.6. The highest BCUT2D eigenvalue weighted by molar-refractivity contribution is 5.50. The number of nitro groups is 1. The molecule has 0 amide bonds. The maximum atomic E-state index is 10.6. The molecule has 1 radical (unpaired) electrons. The Morgan fingerprint density at radius 3 is 2.32 bits per heavy atom. The van der Waals surface area contributed by atoms with Crippen LogP contribution < -0.4 is 0 Å². The van der Waals surface area contributed by atoms with E-state index in [1.54, 1.807) is 13.0 Å². The fourth-order valence-electron chi connectivity index (χ4n) is 2.03. The molecule has 0 bridgehead atoms. The van der Waals surface area contributed by atoms with Crippen LogP contribution in [0.4, 0.5) is 0 Å². The van der Waals surface area contributed by atoms with Crippen molar-refractivity contribution in [3.05, 3.63) is 46.2 Å². The van der Waals surface area contributed by atoms with E-state index in [-0.39, 0.29) is 10.6 Å². The molecule has 0 fully saturated rings. The number of unbranched alkanes of at least 4 members (excludes halogenated alkanes) is 6. The smallest absolute Gasteiger partial charge is 0.242 e. The Balaban J connectivity index is 3.52. The Bertz CT molecular complexity index is 384. The molecule has 4 heteroatoms. The summed E-state index contributed by atoms with van der Waals surface area (Å²) in [5, 5.41) is 10.6. The molecule has 0 aromatic carbocycles. The quantitative estimate of drug-likeness (QED) is 0.189. The van der Waals surface area contributed by atoms with Crippen LogP contribution in [-0.4, -0.2) is 11.2 Å². The monoisotopic (exact) mass is 306 g/mol. The Morgan fingerprint density at radius 1 is 1.00 bits per heavy atom. The van der Waals surface area contributed by atoms with Gasteiger partial charge in [0.15, 0.2) is 6.29 Å². The molecule has 4 nitrogen and oxygen atoms in total. The van der Waals surface area contributed by atoms with E-state index < -0.39 is 0 Å². The van der Waals surface area contributed by atoms with Crippen molar-refractivity contribution in [3.63, 3.8) is 0 Å². The summed E-state index contributed by atoms with van der Waals surface area (Å²) < 4.78 is 0. The lowest BCUT2D eigenvalue weighted by Gasteiger charge is -1.96. The topological polar surface area (TPSA) is 60.2 Å². The van der Waals surface area contributed by atoms with Gasteiger partial charge in [0.05, 0.1) is 4.92 Å². The van der Waals surface area contributed by atoms with Crippen molar-refractivity contribution in [2.75, 3.05) is 0 Å². The van der Waals surface area contributed by atoms with Crippen molar-refractivity contribution >= 4 is 6.29 Å². The minimum Gasteiger partial charge on any atom is -0.291 e. The molecule has 0 N–H and O–H groups in total. The molecule has 0 rings (SSSR count). The van der Waals surface area contributed by atoms with E-state index in [2.05, 4.69) is 12.2 Å². The normalized spacial score (nSPS) is 12.3. The summed E-state index contributed by atoms with van der Waals surface area (Å²) in [7, 11) is 0. The molecule has 0 spiro atoms. The standard InChI is InChI=1S/C18H28NO3/c1-2-18(19(21)22)16-14-12-10-8-6-4-3-5-7-9-11-13-15-17-20/h4,6,10,12,16H,2-3,5,7-9,11,13-15H2,1H3/b6-4+,12-10+,18-16-. The summed E-state index contributed by atoms with van der Waals surface area (Å²) in [6, 6.07) is 0. The highest BCUT2D eigenvalue weighted by atomic mass is 16.6. The number of hydrogen-bond acceptors (Lipinski definition) is 3. The first-order valence-corrected chi connectivity index (χ1v) is 8.20. The molecule has 0 saturated carbocycles. The Kier molecular flexibility index (Phi) is 14.5. The predicted molar refractivity (Wildman–Crippen MR) is 90.9 cm³/mol. The molecule has 0 aromatic heterocycles. The maximum Gasteiger partial charge on any atom is 0.242 e. The van der Waals surface area contributed by atoms with E-state index in [4.69, 9.17) is 0 Å². The lowest BCUT2D eigenvalue weighted by atomic mass is 10.1. The van der Waals surface area contributed by atoms with Crippen LogP contribution in [0.1, 0.15) is 71.1 Å². The fraction of sp³-hybridized carbons (Fsp3) is 0.611. The molecule has 22 heavy (non-hydrogen) atoms. The van der Waals surface area contributed by atoms with Crippen molar-refractivity contribution < 1.29 is 9.72 Å². The molecule has 0 saturated heterocycles. The van der Waals surface area contributed by atoms with Gasteiger partial charge in [-0.2, -0.15) is 0 Å². The molecule has 0 aliphatic heterocycles. The van der Waals surface area contributed by atoms with E-state index in [1.165, 1.54) is 19.3 Å². The molecule has 123 valence electrons. The molecule has 0 aromatic rings. The van der Waals surface area contributed by atoms with Gasteiger partial charge in [0.25, 0.3) is 0 Å². The zero-order chi connectivity index (χ0) is 16.5. The van der Waals surface area contributed by atoms with Gasteiger partial charge in [-0.05, 0) is 38.2 Å². The van der Waals surface area contributed by atoms with Crippen LogP contribution in [0, 0.1) is 10.1 Å². The number of nitrogens with zero attached hydrogens (tertiary/aromatic N) is 1. The van der Waals surface area contributed by atoms with Crippen molar-refractivity contribution in [2.45, 2.75) is 71.1 Å². The van der Waals surface area contributed by atoms with Crippen LogP contribution in [0.15, 0.2) is 36.1 Å². The van der Waals surface area contributed by atoms with Gasteiger partial charge in [-0.25, -0.2) is 0 Å². The van der Waals surface area contributed by atoms with Gasteiger partial charge in [0.2, 0.25) is 5.70 Å². The van der Waals surface area contributed by atoms with Crippen LogP contribution in [0.25, 0.3) is 0 Å². The van der Waals surface area contributed by atoms with Crippen LogP contribution in [-0.2, 0) is 4.79 Å². The Labute approximate surface area is 134 Å². The van der Waals surface area contributed by atoms with Gasteiger partial charge in [-0.3, -0.25) is 14.9 Å². The number of carbonyl (C=O) groups excluding carboxylic acids is 1. The molecular weight excluding hydrogens is 278 g/mol. The van der Waals surface area contributed by atoms with E-state index in [9.17, 15) is 14.9 Å². The number of hydrogen-bond donors (Lipinski definition) is 0. The van der Waals surface area contributed by atoms with Crippen molar-refractivity contribution in [1.29, 1.82) is 0 Å². The highest BCUT2D eigenvalue weighted by Gasteiger charge is 2.04. The average Bonchev–Trinajstić information content (AvgIpc) is 2.51. The zero-order valence-corrected chi connectivity index (χ0v) is 13.6. The summed E-state index contributed by atoms with van der Waals surface area (Å²) in [6.07, 6.45) is 21.2. The summed E-state index contributed by atoms with van der Waals surface area (Å²) >= 11 is 0. The van der Waals surface area contributed by atoms with Crippen molar-refractivity contribution in [1.82, 2.24) is 0 Å². The van der Waals surface area contributed by atoms with E-state index in [1.807, 2.05) is 18.4 Å². The van der Waals surface area contributed by atoms with E-state index in [0.29, 0.717) is 19.3 Å². The second-order valence-corrected chi connectivity index (χ2v) is 5.17. The molecule has 0 heterocycles. The Hall–Kier alpha value is -1.71. The fourth-order valence-corrected chi connectivity index (χ4v) is 2.03. The number of rotatable bonds is 14. The van der Waals surface area contributed by atoms with Crippen LogP contribution in [0.5, 0.6) is 0 Å². The van der Waals surface area contributed by atoms with Crippen molar-refractivity contribution in [2.24, 2.45) is 0 Å². The van der Waals surface area contributed by atoms with Gasteiger partial charge in [0.1, 0.15) is 0 Å². The lowest BCUT2D eigenvalue weighted by Crippen LogP contribution is -1.96. The second kappa shape index (κ2) is 15.7. The molecular formula is C18H28NO3. The molecule has 0 unspecified atom stereocenters. The van der Waals surface area contributed by atoms with Gasteiger partial charge < -0.3 is 0 Å². The van der Waals surface area contributed by atoms with Gasteiger partial charge in [0, 0.05) is 12.8 Å². The molecule has 0 aliphatic carbocycles. The van der Waals surface area contributed by atoms with Gasteiger partial charge in [-0.1, -0.05) is 50.5 Å². The predicted octanol–water partition coefficient (Wildman–Crippen LogP) is 5.29. The van der Waals surface area contributed by atoms with Gasteiger partial charge >= 0.3 is 0 Å². The van der Waals surface area contributed by atoms with Gasteiger partial charge in [-0.15, -0.1) is 0 Å². The van der Waals surface area contributed by atoms with Crippen LogP contribution >= 0.6 is 0 Å². The molecule has 0 aliphatic rings. The largest absolute Gasteiger partial charge is 0.291 e. The molecule has 0 atom stereocenters. The first-order chi connectivity index (χ1) is 10.7. The first kappa shape index (κ1) is 20.3. The lowest BCUT2D eigenvalue weighted by molar-refractivity contribution is -0.427. The zero-order valence-electron chi connectivity index (χ0n) is 13.6. The van der Waals surface area contributed by atoms with Crippen LogP contribution in [0.3, 0.4) is 0 Å². The summed E-state index contributed by atoms with van der Waals surface area (Å²) in [4.78, 5) is 20.3. The minimum atomic E-state index is -0.315. The first-order valence-electron chi connectivity index (χ1n) is 8.20.